The highest BCUT2D eigenvalue weighted by Gasteiger charge is 2.47. The van der Waals surface area contributed by atoms with Crippen LogP contribution in [0.2, 0.25) is 0 Å². The summed E-state index contributed by atoms with van der Waals surface area (Å²) in [5.74, 6) is 0.147. The van der Waals surface area contributed by atoms with Gasteiger partial charge in [-0.25, -0.2) is 9.18 Å². The first-order chi connectivity index (χ1) is 14.9. The molecule has 1 amide bonds. The second-order valence-electron chi connectivity index (χ2n) is 9.69. The van der Waals surface area contributed by atoms with Gasteiger partial charge < -0.3 is 9.47 Å². The first kappa shape index (κ1) is 20.3. The van der Waals surface area contributed by atoms with E-state index in [1.165, 1.54) is 0 Å². The Balaban J connectivity index is 1.26. The number of ether oxygens (including phenoxy) is 2. The van der Waals surface area contributed by atoms with Crippen molar-refractivity contribution < 1.29 is 18.7 Å². The van der Waals surface area contributed by atoms with Crippen molar-refractivity contribution in [1.82, 2.24) is 4.90 Å². The molecule has 3 aliphatic rings. The van der Waals surface area contributed by atoms with E-state index in [0.29, 0.717) is 25.4 Å². The fraction of sp³-hybridized carbons (Fsp3) is 0.480. The molecule has 2 aromatic rings. The Kier molecular flexibility index (Phi) is 4.93. The van der Waals surface area contributed by atoms with E-state index in [0.717, 1.165) is 49.2 Å². The van der Waals surface area contributed by atoms with Crippen LogP contribution in [0.1, 0.15) is 44.2 Å². The normalized spacial score (nSPS) is 22.2. The van der Waals surface area contributed by atoms with Crippen molar-refractivity contribution in [3.05, 3.63) is 59.4 Å². The maximum absolute atomic E-state index is 14.7. The third-order valence-corrected chi connectivity index (χ3v) is 7.02. The number of fused-ring (bicyclic) bond motifs is 1. The van der Waals surface area contributed by atoms with Gasteiger partial charge in [0.2, 0.25) is 0 Å². The van der Waals surface area contributed by atoms with Gasteiger partial charge in [0.05, 0.1) is 13.2 Å². The summed E-state index contributed by atoms with van der Waals surface area (Å²) < 4.78 is 26.2. The number of piperidine rings is 1. The van der Waals surface area contributed by atoms with E-state index in [1.807, 2.05) is 30.3 Å². The Morgan fingerprint density at radius 1 is 1.06 bits per heavy atom. The number of carbonyl (C=O) groups is 1. The molecule has 0 atom stereocenters. The van der Waals surface area contributed by atoms with Crippen molar-refractivity contribution in [1.29, 1.82) is 0 Å². The van der Waals surface area contributed by atoms with Crippen molar-refractivity contribution in [3.63, 3.8) is 0 Å². The molecule has 0 aliphatic carbocycles. The largest absolute Gasteiger partial charge is 0.490 e. The molecule has 0 saturated carbocycles. The lowest BCUT2D eigenvalue weighted by atomic mass is 9.79. The van der Waals surface area contributed by atoms with Crippen LogP contribution >= 0.6 is 0 Å². The van der Waals surface area contributed by atoms with Gasteiger partial charge in [-0.3, -0.25) is 9.80 Å². The van der Waals surface area contributed by atoms with E-state index in [4.69, 9.17) is 9.47 Å². The summed E-state index contributed by atoms with van der Waals surface area (Å²) in [4.78, 5) is 16.5. The smallest absolute Gasteiger partial charge is 0.415 e. The molecule has 0 aromatic heterocycles. The molecule has 1 spiro atoms. The number of nitrogens with zero attached hydrogens (tertiary/aromatic N) is 2. The number of carbonyl (C=O) groups excluding carboxylic acids is 1. The standard InChI is InChI=1S/C25H29FN2O3/c1-24(2)10-13-30-22-20(24)14-18(15-21(22)26)16-27-11-8-25(9-12-27)17-28(23(29)31-25)19-6-4-3-5-7-19/h3-7,14-15H,8-13,16-17H2,1-2H3. The molecule has 5 nitrogen and oxygen atoms in total. The number of hydrogen-bond acceptors (Lipinski definition) is 4. The molecule has 2 saturated heterocycles. The first-order valence-corrected chi connectivity index (χ1v) is 11.1. The summed E-state index contributed by atoms with van der Waals surface area (Å²) in [5.41, 5.74) is 2.29. The van der Waals surface area contributed by atoms with Crippen LogP contribution in [-0.2, 0) is 16.7 Å². The third-order valence-electron chi connectivity index (χ3n) is 7.02. The van der Waals surface area contributed by atoms with E-state index in [2.05, 4.69) is 24.8 Å². The van der Waals surface area contributed by atoms with E-state index in [-0.39, 0.29) is 17.3 Å². The molecular formula is C25H29FN2O3. The number of halogens is 1. The van der Waals surface area contributed by atoms with Gasteiger partial charge in [-0.1, -0.05) is 38.1 Å². The molecule has 3 aliphatic heterocycles. The minimum Gasteiger partial charge on any atom is -0.490 e. The highest BCUT2D eigenvalue weighted by atomic mass is 19.1. The van der Waals surface area contributed by atoms with Crippen LogP contribution in [0.15, 0.2) is 42.5 Å². The molecule has 0 radical (unpaired) electrons. The second-order valence-corrected chi connectivity index (χ2v) is 9.69. The van der Waals surface area contributed by atoms with Gasteiger partial charge in [0.25, 0.3) is 0 Å². The van der Waals surface area contributed by atoms with Crippen LogP contribution in [0, 0.1) is 5.82 Å². The maximum atomic E-state index is 14.7. The van der Waals surface area contributed by atoms with Crippen molar-refractivity contribution in [2.75, 3.05) is 31.1 Å². The van der Waals surface area contributed by atoms with Crippen molar-refractivity contribution >= 4 is 11.8 Å². The number of likely N-dealkylation sites (tertiary alicyclic amines) is 1. The topological polar surface area (TPSA) is 42.0 Å². The van der Waals surface area contributed by atoms with E-state index >= 15 is 0 Å². The number of benzene rings is 2. The summed E-state index contributed by atoms with van der Waals surface area (Å²) in [5, 5.41) is 0. The molecule has 31 heavy (non-hydrogen) atoms. The number of amides is 1. The predicted octanol–water partition coefficient (Wildman–Crippen LogP) is 4.88. The average Bonchev–Trinajstić information content (AvgIpc) is 3.07. The Morgan fingerprint density at radius 3 is 2.55 bits per heavy atom. The summed E-state index contributed by atoms with van der Waals surface area (Å²) in [6.45, 7) is 7.76. The summed E-state index contributed by atoms with van der Waals surface area (Å²) in [7, 11) is 0. The van der Waals surface area contributed by atoms with Crippen LogP contribution in [0.25, 0.3) is 0 Å². The van der Waals surface area contributed by atoms with Gasteiger partial charge in [-0.15, -0.1) is 0 Å². The minimum atomic E-state index is -0.430. The molecule has 164 valence electrons. The molecule has 0 N–H and O–H groups in total. The molecule has 2 fully saturated rings. The monoisotopic (exact) mass is 424 g/mol. The van der Waals surface area contributed by atoms with Gasteiger partial charge in [0, 0.05) is 43.7 Å². The van der Waals surface area contributed by atoms with E-state index in [1.54, 1.807) is 11.0 Å². The first-order valence-electron chi connectivity index (χ1n) is 11.1. The summed E-state index contributed by atoms with van der Waals surface area (Å²) >= 11 is 0. The molecule has 5 rings (SSSR count). The average molecular weight is 425 g/mol. The number of para-hydroxylation sites is 1. The van der Waals surface area contributed by atoms with Crippen LogP contribution < -0.4 is 9.64 Å². The Morgan fingerprint density at radius 2 is 1.81 bits per heavy atom. The molecular weight excluding hydrogens is 395 g/mol. The van der Waals surface area contributed by atoms with Gasteiger partial charge in [0.1, 0.15) is 5.60 Å². The van der Waals surface area contributed by atoms with E-state index in [9.17, 15) is 9.18 Å². The van der Waals surface area contributed by atoms with Gasteiger partial charge >= 0.3 is 6.09 Å². The number of anilines is 1. The van der Waals surface area contributed by atoms with E-state index < -0.39 is 5.60 Å². The van der Waals surface area contributed by atoms with Crippen molar-refractivity contribution in [3.8, 4) is 5.75 Å². The Hall–Kier alpha value is -2.60. The van der Waals surface area contributed by atoms with Crippen LogP contribution in [0.4, 0.5) is 14.9 Å². The van der Waals surface area contributed by atoms with Crippen molar-refractivity contribution in [2.45, 2.75) is 50.7 Å². The maximum Gasteiger partial charge on any atom is 0.415 e. The molecule has 0 unspecified atom stereocenters. The summed E-state index contributed by atoms with van der Waals surface area (Å²) in [6, 6.07) is 13.4. The zero-order chi connectivity index (χ0) is 21.6. The Bertz CT molecular complexity index is 984. The highest BCUT2D eigenvalue weighted by molar-refractivity contribution is 5.90. The van der Waals surface area contributed by atoms with Crippen molar-refractivity contribution in [2.24, 2.45) is 0 Å². The van der Waals surface area contributed by atoms with Crippen LogP contribution in [0.3, 0.4) is 0 Å². The van der Waals surface area contributed by atoms with Crippen LogP contribution in [0.5, 0.6) is 5.75 Å². The third kappa shape index (κ3) is 3.78. The van der Waals surface area contributed by atoms with Gasteiger partial charge in [-0.05, 0) is 35.6 Å². The highest BCUT2D eigenvalue weighted by Crippen LogP contribution is 2.41. The fourth-order valence-electron chi connectivity index (χ4n) is 5.00. The predicted molar refractivity (Wildman–Crippen MR) is 117 cm³/mol. The summed E-state index contributed by atoms with van der Waals surface area (Å²) in [6.07, 6.45) is 2.19. The fourth-order valence-corrected chi connectivity index (χ4v) is 5.00. The lowest BCUT2D eigenvalue weighted by Gasteiger charge is -2.38. The van der Waals surface area contributed by atoms with Gasteiger partial charge in [0.15, 0.2) is 11.6 Å². The molecule has 2 aromatic carbocycles. The van der Waals surface area contributed by atoms with Crippen LogP contribution in [-0.4, -0.2) is 42.8 Å². The lowest BCUT2D eigenvalue weighted by molar-refractivity contribution is -0.00101. The van der Waals surface area contributed by atoms with Gasteiger partial charge in [-0.2, -0.15) is 0 Å². The number of rotatable bonds is 3. The molecule has 0 bridgehead atoms. The zero-order valence-electron chi connectivity index (χ0n) is 18.2. The SMILES string of the molecule is CC1(C)CCOc2c(F)cc(CN3CCC4(CC3)CN(c3ccccc3)C(=O)O4)cc21. The lowest BCUT2D eigenvalue weighted by Crippen LogP contribution is -2.46. The Labute approximate surface area is 182 Å². The second kappa shape index (κ2) is 7.52. The zero-order valence-corrected chi connectivity index (χ0v) is 18.2. The number of hydrogen-bond donors (Lipinski definition) is 0. The minimum absolute atomic E-state index is 0.0880. The molecule has 6 heteroatoms. The quantitative estimate of drug-likeness (QED) is 0.705. The molecule has 3 heterocycles.